The van der Waals surface area contributed by atoms with E-state index in [9.17, 15) is 13.2 Å². The lowest BCUT2D eigenvalue weighted by molar-refractivity contribution is -0.120. The first-order valence-electron chi connectivity index (χ1n) is 6.96. The summed E-state index contributed by atoms with van der Waals surface area (Å²) in [4.78, 5) is 15.5. The molecule has 1 amide bonds. The van der Waals surface area contributed by atoms with Crippen LogP contribution in [0.2, 0.25) is 0 Å². The van der Waals surface area contributed by atoms with Gasteiger partial charge in [-0.15, -0.1) is 0 Å². The molecule has 0 fully saturated rings. The standard InChI is InChI=1S/C13H22N4O3S/c1-3-8-15-12(18)7-10-17-21(19,20)11-6-5-9-16-13(11)14-4-2/h5-6,9,17H,3-4,7-8,10H2,1-2H3,(H,14,16)(H,15,18). The van der Waals surface area contributed by atoms with Gasteiger partial charge >= 0.3 is 0 Å². The fourth-order valence-electron chi connectivity index (χ4n) is 1.64. The molecule has 0 aromatic carbocycles. The van der Waals surface area contributed by atoms with Crippen LogP contribution in [0.5, 0.6) is 0 Å². The maximum atomic E-state index is 12.2. The SMILES string of the molecule is CCCNC(=O)CCNS(=O)(=O)c1cccnc1NCC. The van der Waals surface area contributed by atoms with Crippen molar-refractivity contribution in [1.29, 1.82) is 0 Å². The molecule has 8 heteroatoms. The highest BCUT2D eigenvalue weighted by atomic mass is 32.2. The Morgan fingerprint density at radius 2 is 2.05 bits per heavy atom. The predicted octanol–water partition coefficient (Wildman–Crippen LogP) is 0.708. The molecular formula is C13H22N4O3S. The number of carbonyl (C=O) groups is 1. The van der Waals surface area contributed by atoms with Crippen LogP contribution in [0.15, 0.2) is 23.2 Å². The number of hydrogen-bond acceptors (Lipinski definition) is 5. The van der Waals surface area contributed by atoms with Gasteiger partial charge in [-0.25, -0.2) is 18.1 Å². The Labute approximate surface area is 125 Å². The predicted molar refractivity (Wildman–Crippen MR) is 81.5 cm³/mol. The van der Waals surface area contributed by atoms with Gasteiger partial charge in [-0.05, 0) is 25.5 Å². The van der Waals surface area contributed by atoms with Crippen LogP contribution in [0.1, 0.15) is 26.7 Å². The molecule has 0 aliphatic rings. The summed E-state index contributed by atoms with van der Waals surface area (Å²) < 4.78 is 26.8. The number of nitrogens with zero attached hydrogens (tertiary/aromatic N) is 1. The molecule has 0 aliphatic carbocycles. The van der Waals surface area contributed by atoms with E-state index in [0.717, 1.165) is 6.42 Å². The maximum Gasteiger partial charge on any atom is 0.244 e. The largest absolute Gasteiger partial charge is 0.369 e. The third-order valence-corrected chi connectivity index (χ3v) is 4.11. The molecule has 3 N–H and O–H groups in total. The minimum atomic E-state index is -3.68. The van der Waals surface area contributed by atoms with Crippen molar-refractivity contribution in [3.8, 4) is 0 Å². The number of anilines is 1. The summed E-state index contributed by atoms with van der Waals surface area (Å²) in [7, 11) is -3.68. The van der Waals surface area contributed by atoms with Gasteiger partial charge in [-0.1, -0.05) is 6.92 Å². The third-order valence-electron chi connectivity index (χ3n) is 2.62. The van der Waals surface area contributed by atoms with Crippen LogP contribution < -0.4 is 15.4 Å². The summed E-state index contributed by atoms with van der Waals surface area (Å²) in [5, 5.41) is 5.59. The molecule has 1 rings (SSSR count). The van der Waals surface area contributed by atoms with E-state index in [-0.39, 0.29) is 23.8 Å². The quantitative estimate of drug-likeness (QED) is 0.623. The maximum absolute atomic E-state index is 12.2. The van der Waals surface area contributed by atoms with Crippen molar-refractivity contribution < 1.29 is 13.2 Å². The van der Waals surface area contributed by atoms with Gasteiger partial charge in [0.25, 0.3) is 0 Å². The lowest BCUT2D eigenvalue weighted by Crippen LogP contribution is -2.31. The van der Waals surface area contributed by atoms with Gasteiger partial charge in [0.05, 0.1) is 0 Å². The van der Waals surface area contributed by atoms with Crippen molar-refractivity contribution in [3.05, 3.63) is 18.3 Å². The summed E-state index contributed by atoms with van der Waals surface area (Å²) in [6.07, 6.45) is 2.48. The second kappa shape index (κ2) is 8.58. The number of pyridine rings is 1. The summed E-state index contributed by atoms with van der Waals surface area (Å²) >= 11 is 0. The van der Waals surface area contributed by atoms with E-state index in [4.69, 9.17) is 0 Å². The average Bonchev–Trinajstić information content (AvgIpc) is 2.45. The zero-order valence-corrected chi connectivity index (χ0v) is 13.2. The Balaban J connectivity index is 2.63. The molecule has 0 saturated heterocycles. The van der Waals surface area contributed by atoms with Gasteiger partial charge in [0.1, 0.15) is 10.7 Å². The van der Waals surface area contributed by atoms with E-state index in [1.807, 2.05) is 13.8 Å². The highest BCUT2D eigenvalue weighted by Crippen LogP contribution is 2.17. The monoisotopic (exact) mass is 314 g/mol. The van der Waals surface area contributed by atoms with Gasteiger partial charge < -0.3 is 10.6 Å². The molecule has 0 aliphatic heterocycles. The summed E-state index contributed by atoms with van der Waals surface area (Å²) in [5.74, 6) is 0.139. The van der Waals surface area contributed by atoms with Crippen molar-refractivity contribution in [2.24, 2.45) is 0 Å². The Hall–Kier alpha value is -1.67. The molecule has 0 atom stereocenters. The van der Waals surface area contributed by atoms with Crippen LogP contribution in [0.4, 0.5) is 5.82 Å². The number of hydrogen-bond donors (Lipinski definition) is 3. The molecular weight excluding hydrogens is 292 g/mol. The molecule has 21 heavy (non-hydrogen) atoms. The van der Waals surface area contributed by atoms with Crippen molar-refractivity contribution in [2.75, 3.05) is 25.0 Å². The van der Waals surface area contributed by atoms with Crippen LogP contribution in [0, 0.1) is 0 Å². The van der Waals surface area contributed by atoms with Crippen molar-refractivity contribution in [3.63, 3.8) is 0 Å². The number of carbonyl (C=O) groups excluding carboxylic acids is 1. The molecule has 1 heterocycles. The third kappa shape index (κ3) is 5.68. The van der Waals surface area contributed by atoms with Gasteiger partial charge in [0.2, 0.25) is 15.9 Å². The Morgan fingerprint density at radius 1 is 1.29 bits per heavy atom. The average molecular weight is 314 g/mol. The molecule has 7 nitrogen and oxygen atoms in total. The highest BCUT2D eigenvalue weighted by Gasteiger charge is 2.18. The van der Waals surface area contributed by atoms with Crippen molar-refractivity contribution >= 4 is 21.7 Å². The first-order chi connectivity index (χ1) is 10.0. The first kappa shape index (κ1) is 17.4. The van der Waals surface area contributed by atoms with Crippen LogP contribution in [0.25, 0.3) is 0 Å². The first-order valence-corrected chi connectivity index (χ1v) is 8.44. The van der Waals surface area contributed by atoms with E-state index in [1.54, 1.807) is 6.07 Å². The van der Waals surface area contributed by atoms with Crippen LogP contribution >= 0.6 is 0 Å². The summed E-state index contributed by atoms with van der Waals surface area (Å²) in [6.45, 7) is 5.03. The van der Waals surface area contributed by atoms with Crippen LogP contribution in [0.3, 0.4) is 0 Å². The number of rotatable bonds is 9. The second-order valence-electron chi connectivity index (χ2n) is 4.38. The van der Waals surface area contributed by atoms with Gasteiger partial charge in [-0.2, -0.15) is 0 Å². The summed E-state index contributed by atoms with van der Waals surface area (Å²) in [5.41, 5.74) is 0. The molecule has 0 saturated carbocycles. The molecule has 0 spiro atoms. The molecule has 118 valence electrons. The topological polar surface area (TPSA) is 100 Å². The summed E-state index contributed by atoms with van der Waals surface area (Å²) in [6, 6.07) is 3.04. The van der Waals surface area contributed by atoms with E-state index < -0.39 is 10.0 Å². The van der Waals surface area contributed by atoms with Gasteiger partial charge in [0.15, 0.2) is 0 Å². The Kier molecular flexibility index (Phi) is 7.10. The minimum Gasteiger partial charge on any atom is -0.369 e. The fraction of sp³-hybridized carbons (Fsp3) is 0.538. The number of sulfonamides is 1. The van der Waals surface area contributed by atoms with Gasteiger partial charge in [0, 0.05) is 32.3 Å². The lowest BCUT2D eigenvalue weighted by atomic mass is 10.4. The second-order valence-corrected chi connectivity index (χ2v) is 6.11. The fourth-order valence-corrected chi connectivity index (χ4v) is 2.80. The Morgan fingerprint density at radius 3 is 2.71 bits per heavy atom. The normalized spacial score (nSPS) is 11.1. The van der Waals surface area contributed by atoms with Crippen LogP contribution in [-0.4, -0.2) is 38.9 Å². The van der Waals surface area contributed by atoms with E-state index in [1.165, 1.54) is 12.3 Å². The number of aromatic nitrogens is 1. The minimum absolute atomic E-state index is 0.0539. The number of amides is 1. The lowest BCUT2D eigenvalue weighted by Gasteiger charge is -2.11. The zero-order chi connectivity index (χ0) is 15.7. The van der Waals surface area contributed by atoms with E-state index >= 15 is 0 Å². The van der Waals surface area contributed by atoms with Gasteiger partial charge in [-0.3, -0.25) is 4.79 Å². The van der Waals surface area contributed by atoms with E-state index in [2.05, 4.69) is 20.3 Å². The molecule has 1 aromatic heterocycles. The molecule has 0 unspecified atom stereocenters. The highest BCUT2D eigenvalue weighted by molar-refractivity contribution is 7.89. The smallest absolute Gasteiger partial charge is 0.244 e. The Bertz CT molecular complexity index is 560. The zero-order valence-electron chi connectivity index (χ0n) is 12.3. The van der Waals surface area contributed by atoms with E-state index in [0.29, 0.717) is 18.9 Å². The number of nitrogens with one attached hydrogen (secondary N) is 3. The van der Waals surface area contributed by atoms with Crippen LogP contribution in [-0.2, 0) is 14.8 Å². The molecule has 0 radical (unpaired) electrons. The molecule has 1 aromatic rings. The van der Waals surface area contributed by atoms with Crippen molar-refractivity contribution in [2.45, 2.75) is 31.6 Å². The molecule has 0 bridgehead atoms. The van der Waals surface area contributed by atoms with Crippen molar-refractivity contribution in [1.82, 2.24) is 15.0 Å².